The van der Waals surface area contributed by atoms with E-state index in [0.29, 0.717) is 40.5 Å². The molecule has 0 aliphatic carbocycles. The highest BCUT2D eigenvalue weighted by Crippen LogP contribution is 2.28. The number of aryl methyl sites for hydroxylation is 2. The van der Waals surface area contributed by atoms with E-state index in [2.05, 4.69) is 22.0 Å². The molecular weight excluding hydrogens is 354 g/mol. The summed E-state index contributed by atoms with van der Waals surface area (Å²) < 4.78 is 8.80. The van der Waals surface area contributed by atoms with Gasteiger partial charge in [-0.1, -0.05) is 31.9 Å². The minimum absolute atomic E-state index is 0.0611. The Hall–Kier alpha value is -3.22. The van der Waals surface area contributed by atoms with E-state index in [1.165, 1.54) is 0 Å². The minimum atomic E-state index is -0.0611. The fourth-order valence-electron chi connectivity index (χ4n) is 3.47. The first-order valence-electron chi connectivity index (χ1n) is 9.53. The number of pyridine rings is 1. The maximum atomic E-state index is 13.4. The number of unbranched alkanes of at least 4 members (excludes halogenated alkanes) is 2. The molecule has 4 rings (SSSR count). The zero-order valence-corrected chi connectivity index (χ0v) is 16.3. The van der Waals surface area contributed by atoms with Crippen LogP contribution in [0.2, 0.25) is 0 Å². The molecule has 0 bridgehead atoms. The van der Waals surface area contributed by atoms with Gasteiger partial charge in [0.2, 0.25) is 0 Å². The summed E-state index contributed by atoms with van der Waals surface area (Å²) in [7, 11) is 1.62. The van der Waals surface area contributed by atoms with Crippen molar-refractivity contribution >= 4 is 16.7 Å². The normalized spacial score (nSPS) is 11.4. The number of rotatable bonds is 6. The highest BCUT2D eigenvalue weighted by molar-refractivity contribution is 5.93. The summed E-state index contributed by atoms with van der Waals surface area (Å²) in [4.78, 5) is 22.3. The lowest BCUT2D eigenvalue weighted by molar-refractivity contribution is 0.415. The highest BCUT2D eigenvalue weighted by Gasteiger charge is 2.18. The molecule has 0 N–H and O–H groups in total. The molecule has 1 aromatic carbocycles. The van der Waals surface area contributed by atoms with E-state index in [-0.39, 0.29) is 5.56 Å². The summed E-state index contributed by atoms with van der Waals surface area (Å²) in [5.41, 5.74) is 2.09. The Morgan fingerprint density at radius 2 is 2.00 bits per heavy atom. The van der Waals surface area contributed by atoms with Gasteiger partial charge in [0.25, 0.3) is 11.3 Å². The van der Waals surface area contributed by atoms with Crippen molar-refractivity contribution < 1.29 is 4.74 Å². The van der Waals surface area contributed by atoms with E-state index >= 15 is 0 Å². The molecule has 0 spiro atoms. The van der Waals surface area contributed by atoms with E-state index in [9.17, 15) is 4.79 Å². The van der Waals surface area contributed by atoms with Crippen molar-refractivity contribution in [2.24, 2.45) is 0 Å². The Balaban J connectivity index is 2.04. The lowest BCUT2D eigenvalue weighted by Gasteiger charge is -2.12. The summed E-state index contributed by atoms with van der Waals surface area (Å²) in [5, 5.41) is 5.04. The van der Waals surface area contributed by atoms with Gasteiger partial charge in [-0.3, -0.25) is 4.79 Å². The predicted molar refractivity (Wildman–Crippen MR) is 109 cm³/mol. The minimum Gasteiger partial charge on any atom is -0.497 e. The van der Waals surface area contributed by atoms with E-state index in [1.807, 2.05) is 43.5 Å². The van der Waals surface area contributed by atoms with Crippen molar-refractivity contribution in [3.8, 4) is 17.0 Å². The molecule has 0 amide bonds. The van der Waals surface area contributed by atoms with Crippen LogP contribution in [0.1, 0.15) is 32.0 Å². The summed E-state index contributed by atoms with van der Waals surface area (Å²) in [6, 6.07) is 9.51. The van der Waals surface area contributed by atoms with Gasteiger partial charge >= 0.3 is 0 Å². The largest absolute Gasteiger partial charge is 0.497 e. The molecule has 7 nitrogen and oxygen atoms in total. The second-order valence-corrected chi connectivity index (χ2v) is 6.84. The summed E-state index contributed by atoms with van der Waals surface area (Å²) >= 11 is 0. The topological polar surface area (TPSA) is 74.3 Å². The van der Waals surface area contributed by atoms with Crippen LogP contribution in [0.4, 0.5) is 0 Å². The molecule has 3 heterocycles. The van der Waals surface area contributed by atoms with Crippen LogP contribution in [0.15, 0.2) is 41.3 Å². The Bertz CT molecular complexity index is 1210. The lowest BCUT2D eigenvalue weighted by atomic mass is 10.1. The van der Waals surface area contributed by atoms with Crippen molar-refractivity contribution in [1.82, 2.24) is 24.1 Å². The second kappa shape index (κ2) is 7.42. The van der Waals surface area contributed by atoms with E-state index in [0.717, 1.165) is 24.8 Å². The average molecular weight is 377 g/mol. The van der Waals surface area contributed by atoms with Gasteiger partial charge in [-0.05, 0) is 31.5 Å². The SMILES string of the molecule is CCCCCn1ccc2nc3nc(C)nn3c(-c3cccc(OC)c3)c2c1=O. The van der Waals surface area contributed by atoms with Crippen molar-refractivity contribution in [1.29, 1.82) is 0 Å². The summed E-state index contributed by atoms with van der Waals surface area (Å²) in [6.07, 6.45) is 4.99. The number of methoxy groups -OCH3 is 1. The Labute approximate surface area is 162 Å². The highest BCUT2D eigenvalue weighted by atomic mass is 16.5. The fourth-order valence-corrected chi connectivity index (χ4v) is 3.47. The monoisotopic (exact) mass is 377 g/mol. The zero-order valence-electron chi connectivity index (χ0n) is 16.3. The van der Waals surface area contributed by atoms with Crippen molar-refractivity contribution in [3.05, 3.63) is 52.7 Å². The second-order valence-electron chi connectivity index (χ2n) is 6.84. The van der Waals surface area contributed by atoms with Crippen LogP contribution in [0, 0.1) is 6.92 Å². The van der Waals surface area contributed by atoms with E-state index in [1.54, 1.807) is 16.2 Å². The third-order valence-corrected chi connectivity index (χ3v) is 4.85. The number of hydrogen-bond donors (Lipinski definition) is 0. The first kappa shape index (κ1) is 18.2. The van der Waals surface area contributed by atoms with Crippen LogP contribution in [0.25, 0.3) is 27.9 Å². The first-order chi connectivity index (χ1) is 13.6. The van der Waals surface area contributed by atoms with Gasteiger partial charge < -0.3 is 9.30 Å². The van der Waals surface area contributed by atoms with E-state index < -0.39 is 0 Å². The average Bonchev–Trinajstić information content (AvgIpc) is 3.08. The van der Waals surface area contributed by atoms with Gasteiger partial charge in [0.15, 0.2) is 0 Å². The standard InChI is InChI=1S/C21H23N5O2/c1-4-5-6-11-25-12-10-17-18(20(25)27)19(15-8-7-9-16(13-15)28-3)26-21(23-17)22-14(2)24-26/h7-10,12-13H,4-6,11H2,1-3H3. The van der Waals surface area contributed by atoms with Crippen LogP contribution in [0.5, 0.6) is 5.75 Å². The van der Waals surface area contributed by atoms with Crippen molar-refractivity contribution in [2.45, 2.75) is 39.7 Å². The molecule has 0 aliphatic heterocycles. The molecular formula is C21H23N5O2. The Morgan fingerprint density at radius 1 is 1.14 bits per heavy atom. The maximum absolute atomic E-state index is 13.4. The molecule has 0 unspecified atom stereocenters. The first-order valence-corrected chi connectivity index (χ1v) is 9.53. The Morgan fingerprint density at radius 3 is 2.79 bits per heavy atom. The van der Waals surface area contributed by atoms with Gasteiger partial charge in [-0.15, -0.1) is 5.10 Å². The lowest BCUT2D eigenvalue weighted by Crippen LogP contribution is -2.21. The Kier molecular flexibility index (Phi) is 4.81. The number of fused-ring (bicyclic) bond motifs is 2. The van der Waals surface area contributed by atoms with E-state index in [4.69, 9.17) is 4.74 Å². The molecule has 0 saturated carbocycles. The van der Waals surface area contributed by atoms with Crippen molar-refractivity contribution in [3.63, 3.8) is 0 Å². The fraction of sp³-hybridized carbons (Fsp3) is 0.333. The number of ether oxygens (including phenoxy) is 1. The molecule has 0 aliphatic rings. The number of aromatic nitrogens is 5. The third-order valence-electron chi connectivity index (χ3n) is 4.85. The van der Waals surface area contributed by atoms with Crippen LogP contribution in [0.3, 0.4) is 0 Å². The number of hydrogen-bond acceptors (Lipinski definition) is 5. The molecule has 0 radical (unpaired) electrons. The summed E-state index contributed by atoms with van der Waals surface area (Å²) in [5.74, 6) is 1.80. The molecule has 0 saturated heterocycles. The summed E-state index contributed by atoms with van der Waals surface area (Å²) in [6.45, 7) is 4.66. The molecule has 0 fully saturated rings. The van der Waals surface area contributed by atoms with Crippen LogP contribution in [-0.2, 0) is 6.54 Å². The molecule has 0 atom stereocenters. The molecule has 7 heteroatoms. The quantitative estimate of drug-likeness (QED) is 0.480. The molecule has 28 heavy (non-hydrogen) atoms. The van der Waals surface area contributed by atoms with Gasteiger partial charge in [-0.2, -0.15) is 9.50 Å². The van der Waals surface area contributed by atoms with Gasteiger partial charge in [0, 0.05) is 18.3 Å². The zero-order chi connectivity index (χ0) is 19.7. The van der Waals surface area contributed by atoms with Gasteiger partial charge in [0.1, 0.15) is 11.6 Å². The molecule has 144 valence electrons. The molecule has 4 aromatic rings. The van der Waals surface area contributed by atoms with Gasteiger partial charge in [0.05, 0.1) is 23.7 Å². The van der Waals surface area contributed by atoms with Crippen LogP contribution >= 0.6 is 0 Å². The van der Waals surface area contributed by atoms with Crippen molar-refractivity contribution in [2.75, 3.05) is 7.11 Å². The smallest absolute Gasteiger partial charge is 0.262 e. The maximum Gasteiger partial charge on any atom is 0.262 e. The number of nitrogens with zero attached hydrogens (tertiary/aromatic N) is 5. The predicted octanol–water partition coefficient (Wildman–Crippen LogP) is 3.61. The van der Waals surface area contributed by atoms with Crippen LogP contribution in [-0.4, -0.2) is 31.3 Å². The molecule has 3 aromatic heterocycles. The third kappa shape index (κ3) is 3.13. The van der Waals surface area contributed by atoms with Gasteiger partial charge in [-0.25, -0.2) is 4.98 Å². The van der Waals surface area contributed by atoms with Crippen LogP contribution < -0.4 is 10.3 Å². The number of benzene rings is 1.